The lowest BCUT2D eigenvalue weighted by Crippen LogP contribution is -2.60. The number of carbonyl (C=O) groups is 2. The lowest BCUT2D eigenvalue weighted by molar-refractivity contribution is -0.298. The average Bonchev–Trinajstić information content (AvgIpc) is 2.79. The van der Waals surface area contributed by atoms with Crippen LogP contribution >= 0.6 is 0 Å². The van der Waals surface area contributed by atoms with E-state index in [0.717, 1.165) is 15.8 Å². The second-order valence-electron chi connectivity index (χ2n) is 13.5. The van der Waals surface area contributed by atoms with Gasteiger partial charge in [0.15, 0.2) is 0 Å². The third kappa shape index (κ3) is 5.59. The van der Waals surface area contributed by atoms with Gasteiger partial charge in [0.25, 0.3) is 0 Å². The van der Waals surface area contributed by atoms with Crippen LogP contribution < -0.4 is 0 Å². The summed E-state index contributed by atoms with van der Waals surface area (Å²) in [5.74, 6) is -0.833. The highest BCUT2D eigenvalue weighted by Crippen LogP contribution is 2.39. The third-order valence-corrected chi connectivity index (χ3v) is 8.01. The van der Waals surface area contributed by atoms with E-state index >= 15 is 0 Å². The van der Waals surface area contributed by atoms with Gasteiger partial charge in [-0.3, -0.25) is 0 Å². The number of carbonyl (C=O) groups excluding carboxylic acids is 2. The molecule has 2 saturated heterocycles. The topological polar surface area (TPSA) is 99.2 Å². The van der Waals surface area contributed by atoms with Crippen molar-refractivity contribution in [3.63, 3.8) is 0 Å². The molecule has 38 heavy (non-hydrogen) atoms. The quantitative estimate of drug-likeness (QED) is 0.494. The summed E-state index contributed by atoms with van der Waals surface area (Å²) < 4.78 is 11.7. The van der Waals surface area contributed by atoms with Gasteiger partial charge in [0.2, 0.25) is 0 Å². The summed E-state index contributed by atoms with van der Waals surface area (Å²) >= 11 is 0. The maximum absolute atomic E-state index is 13.0. The lowest BCUT2D eigenvalue weighted by Gasteiger charge is -2.50. The predicted octanol–water partition coefficient (Wildman–Crippen LogP) is 5.93. The van der Waals surface area contributed by atoms with Crippen molar-refractivity contribution in [3.8, 4) is 0 Å². The zero-order chi connectivity index (χ0) is 28.3. The standard InChI is InChI=1S/C30H41N2O6/c1-27(2)15-23(16-28(3,4)31(27)35)37-25(33)21-11-9-20-14-22(12-10-19(20)13-21)26(34)38-24-17-29(5,6)32(36)30(7,8)18-24/h9-14,23-24,35H,15-18H2,1-8H3. The number of fused-ring (bicyclic) bond motifs is 1. The molecule has 4 rings (SSSR count). The number of esters is 2. The van der Waals surface area contributed by atoms with Crippen LogP contribution in [0.2, 0.25) is 0 Å². The number of hydrogen-bond acceptors (Lipinski definition) is 7. The van der Waals surface area contributed by atoms with Crippen molar-refractivity contribution < 1.29 is 29.5 Å². The van der Waals surface area contributed by atoms with Crippen LogP contribution in [0.5, 0.6) is 0 Å². The summed E-state index contributed by atoms with van der Waals surface area (Å²) in [7, 11) is 0. The van der Waals surface area contributed by atoms with Gasteiger partial charge < -0.3 is 14.7 Å². The predicted molar refractivity (Wildman–Crippen MR) is 143 cm³/mol. The Bertz CT molecular complexity index is 1100. The second kappa shape index (κ2) is 9.59. The third-order valence-electron chi connectivity index (χ3n) is 8.01. The molecular weight excluding hydrogens is 484 g/mol. The van der Waals surface area contributed by atoms with Crippen LogP contribution in [0.1, 0.15) is 102 Å². The first kappa shape index (κ1) is 28.5. The molecule has 2 aromatic carbocycles. The minimum Gasteiger partial charge on any atom is -0.459 e. The SMILES string of the molecule is CC1(C)CC(OC(=O)c2ccc3cc(C(=O)OC4CC(C)(C)N(O)C(C)(C)C4)ccc3c2)CC(C)(C)N1[O]. The zero-order valence-corrected chi connectivity index (χ0v) is 23.8. The molecule has 0 bridgehead atoms. The minimum atomic E-state index is -0.623. The van der Waals surface area contributed by atoms with E-state index in [1.807, 2.05) is 55.4 Å². The van der Waals surface area contributed by atoms with Crippen molar-refractivity contribution in [2.24, 2.45) is 0 Å². The fourth-order valence-electron chi connectivity index (χ4n) is 6.46. The first-order chi connectivity index (χ1) is 17.4. The summed E-state index contributed by atoms with van der Waals surface area (Å²) in [5.41, 5.74) is -1.42. The van der Waals surface area contributed by atoms with E-state index in [1.165, 1.54) is 5.06 Å². The highest BCUT2D eigenvalue weighted by molar-refractivity contribution is 5.99. The molecule has 0 aromatic heterocycles. The van der Waals surface area contributed by atoms with Crippen LogP contribution in [0.4, 0.5) is 0 Å². The summed E-state index contributed by atoms with van der Waals surface area (Å²) in [5, 5.41) is 27.2. The molecule has 1 N–H and O–H groups in total. The Hall–Kier alpha value is -2.52. The van der Waals surface area contributed by atoms with Crippen molar-refractivity contribution in [2.75, 3.05) is 0 Å². The summed E-state index contributed by atoms with van der Waals surface area (Å²) in [4.78, 5) is 26.0. The van der Waals surface area contributed by atoms with E-state index in [0.29, 0.717) is 36.8 Å². The van der Waals surface area contributed by atoms with Crippen LogP contribution in [0, 0.1) is 0 Å². The minimum absolute atomic E-state index is 0.313. The number of rotatable bonds is 4. The van der Waals surface area contributed by atoms with Gasteiger partial charge in [-0.15, -0.1) is 10.3 Å². The molecule has 2 aliphatic heterocycles. The Morgan fingerprint density at radius 2 is 1.03 bits per heavy atom. The summed E-state index contributed by atoms with van der Waals surface area (Å²) in [6.07, 6.45) is 1.33. The number of benzene rings is 2. The van der Waals surface area contributed by atoms with E-state index in [1.54, 1.807) is 36.4 Å². The maximum atomic E-state index is 13.0. The molecule has 0 amide bonds. The molecule has 1 radical (unpaired) electrons. The zero-order valence-electron chi connectivity index (χ0n) is 23.8. The number of hydroxylamine groups is 4. The highest BCUT2D eigenvalue weighted by atomic mass is 16.6. The fraction of sp³-hybridized carbons (Fsp3) is 0.600. The number of nitrogens with zero attached hydrogens (tertiary/aromatic N) is 2. The molecule has 2 aliphatic rings. The molecular formula is C30H41N2O6. The maximum Gasteiger partial charge on any atom is 0.338 e. The average molecular weight is 526 g/mol. The molecule has 8 nitrogen and oxygen atoms in total. The van der Waals surface area contributed by atoms with Gasteiger partial charge in [0.05, 0.1) is 11.1 Å². The van der Waals surface area contributed by atoms with Gasteiger partial charge in [-0.1, -0.05) is 12.1 Å². The highest BCUT2D eigenvalue weighted by Gasteiger charge is 2.48. The van der Waals surface area contributed by atoms with Crippen LogP contribution in [0.25, 0.3) is 10.8 Å². The van der Waals surface area contributed by atoms with E-state index in [-0.39, 0.29) is 12.2 Å². The Morgan fingerprint density at radius 3 is 1.39 bits per heavy atom. The Kier molecular flexibility index (Phi) is 7.19. The summed E-state index contributed by atoms with van der Waals surface area (Å²) in [6.45, 7) is 15.2. The van der Waals surface area contributed by atoms with Crippen molar-refractivity contribution in [2.45, 2.75) is 115 Å². The molecule has 2 aromatic rings. The summed E-state index contributed by atoms with van der Waals surface area (Å²) in [6, 6.07) is 10.5. The number of piperidine rings is 2. The van der Waals surface area contributed by atoms with Gasteiger partial charge >= 0.3 is 11.9 Å². The molecule has 0 spiro atoms. The Balaban J connectivity index is 1.45. The van der Waals surface area contributed by atoms with Crippen molar-refractivity contribution in [3.05, 3.63) is 47.5 Å². The molecule has 8 heteroatoms. The Morgan fingerprint density at radius 1 is 0.684 bits per heavy atom. The first-order valence-electron chi connectivity index (χ1n) is 13.3. The second-order valence-corrected chi connectivity index (χ2v) is 13.5. The van der Waals surface area contributed by atoms with Gasteiger partial charge in [-0.05, 0) is 90.4 Å². The molecule has 0 atom stereocenters. The molecule has 0 aliphatic carbocycles. The van der Waals surface area contributed by atoms with Crippen molar-refractivity contribution >= 4 is 22.7 Å². The van der Waals surface area contributed by atoms with Gasteiger partial charge in [0, 0.05) is 47.8 Å². The number of ether oxygens (including phenoxy) is 2. The fourth-order valence-corrected chi connectivity index (χ4v) is 6.46. The van der Waals surface area contributed by atoms with Gasteiger partial charge in [0.1, 0.15) is 12.2 Å². The number of hydrogen-bond donors (Lipinski definition) is 1. The van der Waals surface area contributed by atoms with E-state index in [2.05, 4.69) is 0 Å². The molecule has 0 saturated carbocycles. The molecule has 2 heterocycles. The molecule has 2 fully saturated rings. The van der Waals surface area contributed by atoms with Crippen molar-refractivity contribution in [1.29, 1.82) is 0 Å². The largest absolute Gasteiger partial charge is 0.459 e. The normalized spacial score (nSPS) is 23.7. The van der Waals surface area contributed by atoms with Crippen LogP contribution in [0.15, 0.2) is 36.4 Å². The van der Waals surface area contributed by atoms with Gasteiger partial charge in [-0.2, -0.15) is 5.06 Å². The van der Waals surface area contributed by atoms with Crippen LogP contribution in [-0.4, -0.2) is 61.6 Å². The monoisotopic (exact) mass is 525 g/mol. The van der Waals surface area contributed by atoms with Crippen LogP contribution in [0.3, 0.4) is 0 Å². The first-order valence-corrected chi connectivity index (χ1v) is 13.3. The Labute approximate surface area is 225 Å². The molecule has 0 unspecified atom stereocenters. The van der Waals surface area contributed by atoms with Crippen molar-refractivity contribution in [1.82, 2.24) is 10.1 Å². The van der Waals surface area contributed by atoms with E-state index in [9.17, 15) is 20.0 Å². The van der Waals surface area contributed by atoms with Crippen LogP contribution in [-0.2, 0) is 14.7 Å². The molecule has 207 valence electrons. The van der Waals surface area contributed by atoms with E-state index < -0.39 is 34.1 Å². The smallest absolute Gasteiger partial charge is 0.338 e. The van der Waals surface area contributed by atoms with Gasteiger partial charge in [-0.25, -0.2) is 9.59 Å². The van der Waals surface area contributed by atoms with E-state index in [4.69, 9.17) is 9.47 Å². The lowest BCUT2D eigenvalue weighted by atomic mass is 9.80.